The van der Waals surface area contributed by atoms with Gasteiger partial charge in [-0.2, -0.15) is 13.2 Å². The maximum atomic E-state index is 13.5. The Balaban J connectivity index is 1.36. The highest BCUT2D eigenvalue weighted by molar-refractivity contribution is 6.35. The second-order valence-corrected chi connectivity index (χ2v) is 11.2. The van der Waals surface area contributed by atoms with E-state index in [4.69, 9.17) is 23.2 Å². The van der Waals surface area contributed by atoms with Crippen molar-refractivity contribution in [2.45, 2.75) is 55.8 Å². The Bertz CT molecular complexity index is 1180. The average Bonchev–Trinajstić information content (AvgIpc) is 3.66. The average molecular weight is 554 g/mol. The molecule has 4 fully saturated rings. The predicted octanol–water partition coefficient (Wildman–Crippen LogP) is 4.98. The molecule has 2 atom stereocenters. The molecule has 6 rings (SSSR count). The lowest BCUT2D eigenvalue weighted by Crippen LogP contribution is -2.60. The van der Waals surface area contributed by atoms with Crippen molar-refractivity contribution in [1.29, 1.82) is 0 Å². The molecule has 37 heavy (non-hydrogen) atoms. The molecule has 5 nitrogen and oxygen atoms in total. The number of fused-ring (bicyclic) bond motifs is 3. The first-order chi connectivity index (χ1) is 17.5. The lowest BCUT2D eigenvalue weighted by Gasteiger charge is -2.45. The third kappa shape index (κ3) is 5.61. The topological polar surface area (TPSA) is 61.4 Å². The Morgan fingerprint density at radius 3 is 2.27 bits per heavy atom. The number of carbonyl (C=O) groups is 2. The predicted molar refractivity (Wildman–Crippen MR) is 136 cm³/mol. The molecule has 198 valence electrons. The molecule has 10 heteroatoms. The molecule has 0 aromatic heterocycles. The number of nitrogens with one attached hydrogen (secondary N) is 2. The minimum atomic E-state index is -4.45. The van der Waals surface area contributed by atoms with E-state index in [1.807, 2.05) is 0 Å². The largest absolute Gasteiger partial charge is 0.416 e. The fourth-order valence-corrected chi connectivity index (χ4v) is 6.19. The maximum absolute atomic E-state index is 13.5. The van der Waals surface area contributed by atoms with E-state index in [0.717, 1.165) is 44.6 Å². The first-order valence-electron chi connectivity index (χ1n) is 12.5. The summed E-state index contributed by atoms with van der Waals surface area (Å²) in [6, 6.07) is 8.74. The van der Waals surface area contributed by atoms with Crippen LogP contribution in [0.5, 0.6) is 0 Å². The summed E-state index contributed by atoms with van der Waals surface area (Å²) in [6.07, 6.45) is -1.20. The number of rotatable bonds is 7. The van der Waals surface area contributed by atoms with Crippen LogP contribution in [0.25, 0.3) is 0 Å². The van der Waals surface area contributed by atoms with Gasteiger partial charge < -0.3 is 15.5 Å². The van der Waals surface area contributed by atoms with Crippen LogP contribution in [0.1, 0.15) is 42.4 Å². The molecular formula is C27H28Cl2F3N3O2. The van der Waals surface area contributed by atoms with Gasteiger partial charge in [0.25, 0.3) is 0 Å². The van der Waals surface area contributed by atoms with Gasteiger partial charge in [-0.15, -0.1) is 0 Å². The van der Waals surface area contributed by atoms with Crippen LogP contribution in [0.15, 0.2) is 42.5 Å². The van der Waals surface area contributed by atoms with E-state index in [0.29, 0.717) is 39.9 Å². The number of hydrogen-bond donors (Lipinski definition) is 2. The smallest absolute Gasteiger partial charge is 0.350 e. The normalized spacial score (nSPS) is 24.8. The molecule has 3 aliphatic heterocycles. The minimum Gasteiger partial charge on any atom is -0.350 e. The fraction of sp³-hybridized carbons (Fsp3) is 0.481. The van der Waals surface area contributed by atoms with Crippen molar-refractivity contribution in [3.8, 4) is 0 Å². The van der Waals surface area contributed by atoms with E-state index >= 15 is 0 Å². The lowest BCUT2D eigenvalue weighted by atomic mass is 9.84. The molecule has 2 N–H and O–H groups in total. The molecule has 2 aromatic rings. The number of amides is 2. The van der Waals surface area contributed by atoms with E-state index < -0.39 is 23.2 Å². The third-order valence-corrected chi connectivity index (χ3v) is 8.51. The van der Waals surface area contributed by atoms with Crippen LogP contribution in [-0.4, -0.2) is 48.4 Å². The van der Waals surface area contributed by atoms with Gasteiger partial charge in [-0.3, -0.25) is 9.59 Å². The maximum Gasteiger partial charge on any atom is 0.416 e. The number of hydrogen-bond acceptors (Lipinski definition) is 3. The Kier molecular flexibility index (Phi) is 7.20. The van der Waals surface area contributed by atoms with E-state index in [9.17, 15) is 22.8 Å². The standard InChI is InChI=1S/C27H28Cl2F3N3O2/c28-19-5-6-20(21(29)14-19)26(9-10-26)25(37)34-22(13-16-1-3-18(4-2-16)27(30,31)32)24(36)33-23-15-35-11-7-17(23)8-12-35/h1-6,14,17,22-23H,7-13,15H2,(H,33,36)(H,34,37). The van der Waals surface area contributed by atoms with Crippen molar-refractivity contribution in [3.05, 3.63) is 69.2 Å². The van der Waals surface area contributed by atoms with Crippen molar-refractivity contribution < 1.29 is 22.8 Å². The molecule has 4 aliphatic rings. The molecule has 1 aliphatic carbocycles. The van der Waals surface area contributed by atoms with Crippen LogP contribution in [0.3, 0.4) is 0 Å². The molecular weight excluding hydrogens is 526 g/mol. The molecule has 2 amide bonds. The summed E-state index contributed by atoms with van der Waals surface area (Å²) >= 11 is 12.4. The summed E-state index contributed by atoms with van der Waals surface area (Å²) in [5.41, 5.74) is -0.433. The molecule has 2 unspecified atom stereocenters. The van der Waals surface area contributed by atoms with Gasteiger partial charge in [0, 0.05) is 29.1 Å². The number of carbonyl (C=O) groups excluding carboxylic acids is 2. The van der Waals surface area contributed by atoms with Gasteiger partial charge in [0.15, 0.2) is 0 Å². The first kappa shape index (κ1) is 26.3. The Hall–Kier alpha value is -2.29. The van der Waals surface area contributed by atoms with E-state index in [2.05, 4.69) is 15.5 Å². The fourth-order valence-electron chi connectivity index (χ4n) is 5.60. The quantitative estimate of drug-likeness (QED) is 0.508. The van der Waals surface area contributed by atoms with Crippen molar-refractivity contribution in [2.75, 3.05) is 19.6 Å². The highest BCUT2D eigenvalue weighted by atomic mass is 35.5. The highest BCUT2D eigenvalue weighted by Gasteiger charge is 2.53. The lowest BCUT2D eigenvalue weighted by molar-refractivity contribution is -0.137. The summed E-state index contributed by atoms with van der Waals surface area (Å²) < 4.78 is 39.1. The van der Waals surface area contributed by atoms with Crippen molar-refractivity contribution >= 4 is 35.0 Å². The zero-order valence-corrected chi connectivity index (χ0v) is 21.6. The summed E-state index contributed by atoms with van der Waals surface area (Å²) in [5, 5.41) is 6.88. The first-order valence-corrected chi connectivity index (χ1v) is 13.3. The molecule has 1 saturated carbocycles. The van der Waals surface area contributed by atoms with Gasteiger partial charge in [-0.25, -0.2) is 0 Å². The number of piperidine rings is 3. The van der Waals surface area contributed by atoms with E-state index in [1.54, 1.807) is 18.2 Å². The van der Waals surface area contributed by atoms with Crippen molar-refractivity contribution in [3.63, 3.8) is 0 Å². The Morgan fingerprint density at radius 1 is 1.05 bits per heavy atom. The number of halogens is 5. The summed E-state index contributed by atoms with van der Waals surface area (Å²) in [4.78, 5) is 29.3. The monoisotopic (exact) mass is 553 g/mol. The highest BCUT2D eigenvalue weighted by Crippen LogP contribution is 2.51. The number of alkyl halides is 3. The van der Waals surface area contributed by atoms with Gasteiger partial charge in [-0.1, -0.05) is 41.4 Å². The zero-order chi connectivity index (χ0) is 26.4. The minimum absolute atomic E-state index is 0.0115. The summed E-state index contributed by atoms with van der Waals surface area (Å²) in [7, 11) is 0. The van der Waals surface area contributed by atoms with Crippen LogP contribution < -0.4 is 10.6 Å². The van der Waals surface area contributed by atoms with Crippen molar-refractivity contribution in [1.82, 2.24) is 15.5 Å². The van der Waals surface area contributed by atoms with Crippen LogP contribution in [0.4, 0.5) is 13.2 Å². The third-order valence-electron chi connectivity index (χ3n) is 7.96. The van der Waals surface area contributed by atoms with Gasteiger partial charge in [0.05, 0.1) is 11.0 Å². The molecule has 2 aromatic carbocycles. The van der Waals surface area contributed by atoms with Crippen LogP contribution in [0.2, 0.25) is 10.0 Å². The summed E-state index contributed by atoms with van der Waals surface area (Å²) in [5.74, 6) is -0.262. The van der Waals surface area contributed by atoms with Crippen LogP contribution in [0, 0.1) is 5.92 Å². The van der Waals surface area contributed by atoms with Gasteiger partial charge >= 0.3 is 6.18 Å². The molecule has 2 bridgehead atoms. The van der Waals surface area contributed by atoms with Gasteiger partial charge in [0.1, 0.15) is 6.04 Å². The van der Waals surface area contributed by atoms with Gasteiger partial charge in [-0.05, 0) is 80.1 Å². The van der Waals surface area contributed by atoms with Crippen LogP contribution in [-0.2, 0) is 27.6 Å². The van der Waals surface area contributed by atoms with Gasteiger partial charge in [0.2, 0.25) is 11.8 Å². The molecule has 0 spiro atoms. The van der Waals surface area contributed by atoms with Crippen LogP contribution >= 0.6 is 23.2 Å². The second-order valence-electron chi connectivity index (χ2n) is 10.4. The van der Waals surface area contributed by atoms with E-state index in [1.165, 1.54) is 12.1 Å². The van der Waals surface area contributed by atoms with Crippen molar-refractivity contribution in [2.24, 2.45) is 5.92 Å². The Labute approximate surface area is 223 Å². The molecule has 3 heterocycles. The number of benzene rings is 2. The number of nitrogens with zero attached hydrogens (tertiary/aromatic N) is 1. The Morgan fingerprint density at radius 2 is 1.73 bits per heavy atom. The molecule has 3 saturated heterocycles. The zero-order valence-electron chi connectivity index (χ0n) is 20.1. The van der Waals surface area contributed by atoms with E-state index in [-0.39, 0.29) is 24.3 Å². The summed E-state index contributed by atoms with van der Waals surface area (Å²) in [6.45, 7) is 2.81. The SMILES string of the molecule is O=C(NC1CN2CCC1CC2)C(Cc1ccc(C(F)(F)F)cc1)NC(=O)C1(c2ccc(Cl)cc2Cl)CC1. The second kappa shape index (κ2) is 10.1. The molecule has 0 radical (unpaired) electrons.